The highest BCUT2D eigenvalue weighted by Gasteiger charge is 2.20. The van der Waals surface area contributed by atoms with E-state index in [2.05, 4.69) is 10.6 Å². The summed E-state index contributed by atoms with van der Waals surface area (Å²) >= 11 is 0. The van der Waals surface area contributed by atoms with Gasteiger partial charge in [-0.1, -0.05) is 18.6 Å². The van der Waals surface area contributed by atoms with Crippen LogP contribution in [0.1, 0.15) is 19.3 Å². The third kappa shape index (κ3) is 4.06. The van der Waals surface area contributed by atoms with Crippen molar-refractivity contribution >= 4 is 11.6 Å². The average molecular weight is 326 g/mol. The lowest BCUT2D eigenvalue weighted by molar-refractivity contribution is -0.118. The second kappa shape index (κ2) is 7.84. The second-order valence-corrected chi connectivity index (χ2v) is 5.77. The van der Waals surface area contributed by atoms with Crippen molar-refractivity contribution in [2.45, 2.75) is 25.3 Å². The van der Waals surface area contributed by atoms with Crippen LogP contribution in [-0.2, 0) is 4.79 Å². The SMILES string of the molecule is COc1ccccc1Oc1ccc(NC(=O)C2CCCCN2)cc1. The van der Waals surface area contributed by atoms with E-state index in [0.29, 0.717) is 17.2 Å². The fourth-order valence-corrected chi connectivity index (χ4v) is 2.74. The molecule has 3 rings (SSSR count). The molecule has 2 aromatic carbocycles. The van der Waals surface area contributed by atoms with Crippen LogP contribution in [0.5, 0.6) is 17.2 Å². The van der Waals surface area contributed by atoms with E-state index >= 15 is 0 Å². The molecule has 1 aliphatic rings. The van der Waals surface area contributed by atoms with Crippen LogP contribution in [0.15, 0.2) is 48.5 Å². The molecule has 0 aliphatic carbocycles. The van der Waals surface area contributed by atoms with E-state index in [1.54, 1.807) is 7.11 Å². The summed E-state index contributed by atoms with van der Waals surface area (Å²) in [5.74, 6) is 2.04. The largest absolute Gasteiger partial charge is 0.493 e. The lowest BCUT2D eigenvalue weighted by atomic mass is 10.0. The Morgan fingerprint density at radius 3 is 2.50 bits per heavy atom. The molecule has 1 unspecified atom stereocenters. The molecule has 1 aliphatic heterocycles. The number of benzene rings is 2. The van der Waals surface area contributed by atoms with Gasteiger partial charge in [0.25, 0.3) is 0 Å². The number of carbonyl (C=O) groups is 1. The first-order chi connectivity index (χ1) is 11.8. The van der Waals surface area contributed by atoms with E-state index in [-0.39, 0.29) is 11.9 Å². The molecule has 0 saturated carbocycles. The van der Waals surface area contributed by atoms with Crippen LogP contribution in [-0.4, -0.2) is 25.6 Å². The number of rotatable bonds is 5. The molecular weight excluding hydrogens is 304 g/mol. The Balaban J connectivity index is 1.61. The molecular formula is C19H22N2O3. The van der Waals surface area contributed by atoms with Crippen LogP contribution in [0.2, 0.25) is 0 Å². The van der Waals surface area contributed by atoms with Crippen LogP contribution in [0.4, 0.5) is 5.69 Å². The van der Waals surface area contributed by atoms with Gasteiger partial charge in [-0.15, -0.1) is 0 Å². The molecule has 1 heterocycles. The number of piperidine rings is 1. The summed E-state index contributed by atoms with van der Waals surface area (Å²) in [7, 11) is 1.61. The van der Waals surface area contributed by atoms with Crippen molar-refractivity contribution in [3.8, 4) is 17.2 Å². The molecule has 0 spiro atoms. The van der Waals surface area contributed by atoms with Crippen LogP contribution in [0.25, 0.3) is 0 Å². The van der Waals surface area contributed by atoms with Gasteiger partial charge in [0.15, 0.2) is 11.5 Å². The van der Waals surface area contributed by atoms with Gasteiger partial charge in [0, 0.05) is 5.69 Å². The van der Waals surface area contributed by atoms with Crippen molar-refractivity contribution in [1.29, 1.82) is 0 Å². The lowest BCUT2D eigenvalue weighted by Gasteiger charge is -2.22. The zero-order valence-electron chi connectivity index (χ0n) is 13.7. The molecule has 0 radical (unpaired) electrons. The van der Waals surface area contributed by atoms with Crippen molar-refractivity contribution < 1.29 is 14.3 Å². The highest BCUT2D eigenvalue weighted by atomic mass is 16.5. The Bertz CT molecular complexity index is 679. The Morgan fingerprint density at radius 2 is 1.83 bits per heavy atom. The van der Waals surface area contributed by atoms with Crippen molar-refractivity contribution in [2.75, 3.05) is 19.0 Å². The van der Waals surface area contributed by atoms with Crippen molar-refractivity contribution in [2.24, 2.45) is 0 Å². The number of ether oxygens (including phenoxy) is 2. The lowest BCUT2D eigenvalue weighted by Crippen LogP contribution is -2.43. The molecule has 2 aromatic rings. The maximum Gasteiger partial charge on any atom is 0.241 e. The maximum atomic E-state index is 12.2. The topological polar surface area (TPSA) is 59.6 Å². The van der Waals surface area contributed by atoms with E-state index in [4.69, 9.17) is 9.47 Å². The van der Waals surface area contributed by atoms with Crippen LogP contribution in [0.3, 0.4) is 0 Å². The van der Waals surface area contributed by atoms with Crippen molar-refractivity contribution in [1.82, 2.24) is 5.32 Å². The zero-order valence-corrected chi connectivity index (χ0v) is 13.7. The highest BCUT2D eigenvalue weighted by molar-refractivity contribution is 5.94. The first kappa shape index (κ1) is 16.3. The van der Waals surface area contributed by atoms with Gasteiger partial charge < -0.3 is 20.1 Å². The van der Waals surface area contributed by atoms with E-state index < -0.39 is 0 Å². The zero-order chi connectivity index (χ0) is 16.8. The molecule has 0 bridgehead atoms. The quantitative estimate of drug-likeness (QED) is 0.882. The first-order valence-corrected chi connectivity index (χ1v) is 8.21. The van der Waals surface area contributed by atoms with Gasteiger partial charge in [-0.25, -0.2) is 0 Å². The fourth-order valence-electron chi connectivity index (χ4n) is 2.74. The van der Waals surface area contributed by atoms with Gasteiger partial charge in [-0.05, 0) is 55.8 Å². The molecule has 2 N–H and O–H groups in total. The normalized spacial score (nSPS) is 17.1. The highest BCUT2D eigenvalue weighted by Crippen LogP contribution is 2.31. The van der Waals surface area contributed by atoms with Gasteiger partial charge in [-0.2, -0.15) is 0 Å². The molecule has 126 valence electrons. The van der Waals surface area contributed by atoms with E-state index in [1.165, 1.54) is 0 Å². The second-order valence-electron chi connectivity index (χ2n) is 5.77. The van der Waals surface area contributed by atoms with Gasteiger partial charge >= 0.3 is 0 Å². The fraction of sp³-hybridized carbons (Fsp3) is 0.316. The predicted molar refractivity (Wildman–Crippen MR) is 93.8 cm³/mol. The Morgan fingerprint density at radius 1 is 1.08 bits per heavy atom. The summed E-state index contributed by atoms with van der Waals surface area (Å²) < 4.78 is 11.1. The number of nitrogens with one attached hydrogen (secondary N) is 2. The van der Waals surface area contributed by atoms with Crippen LogP contribution < -0.4 is 20.1 Å². The van der Waals surface area contributed by atoms with Gasteiger partial charge in [0.1, 0.15) is 5.75 Å². The summed E-state index contributed by atoms with van der Waals surface area (Å²) in [6.45, 7) is 0.907. The summed E-state index contributed by atoms with van der Waals surface area (Å²) in [5, 5.41) is 6.19. The summed E-state index contributed by atoms with van der Waals surface area (Å²) in [6, 6.07) is 14.7. The first-order valence-electron chi connectivity index (χ1n) is 8.21. The monoisotopic (exact) mass is 326 g/mol. The minimum Gasteiger partial charge on any atom is -0.493 e. The van der Waals surface area contributed by atoms with E-state index in [9.17, 15) is 4.79 Å². The Kier molecular flexibility index (Phi) is 5.33. The van der Waals surface area contributed by atoms with Gasteiger partial charge in [-0.3, -0.25) is 4.79 Å². The molecule has 24 heavy (non-hydrogen) atoms. The standard InChI is InChI=1S/C19H22N2O3/c1-23-17-7-2-3-8-18(17)24-15-11-9-14(10-12-15)21-19(22)16-6-4-5-13-20-16/h2-3,7-12,16,20H,4-6,13H2,1H3,(H,21,22). The number of hydrogen-bond donors (Lipinski definition) is 2. The molecule has 1 saturated heterocycles. The number of hydrogen-bond acceptors (Lipinski definition) is 4. The predicted octanol–water partition coefficient (Wildman–Crippen LogP) is 3.57. The van der Waals surface area contributed by atoms with Crippen molar-refractivity contribution in [3.63, 3.8) is 0 Å². The minimum atomic E-state index is -0.0942. The molecule has 1 fully saturated rings. The number of carbonyl (C=O) groups excluding carboxylic acids is 1. The van der Waals surface area contributed by atoms with Gasteiger partial charge in [0.05, 0.1) is 13.2 Å². The third-order valence-electron chi connectivity index (χ3n) is 4.05. The minimum absolute atomic E-state index is 0.0214. The third-order valence-corrected chi connectivity index (χ3v) is 4.05. The van der Waals surface area contributed by atoms with Crippen LogP contribution >= 0.6 is 0 Å². The Labute approximate surface area is 142 Å². The van der Waals surface area contributed by atoms with E-state index in [1.807, 2.05) is 48.5 Å². The number of para-hydroxylation sites is 2. The van der Waals surface area contributed by atoms with Gasteiger partial charge in [0.2, 0.25) is 5.91 Å². The smallest absolute Gasteiger partial charge is 0.241 e. The summed E-state index contributed by atoms with van der Waals surface area (Å²) in [4.78, 5) is 12.2. The molecule has 5 nitrogen and oxygen atoms in total. The number of methoxy groups -OCH3 is 1. The molecule has 1 atom stereocenters. The molecule has 1 amide bonds. The van der Waals surface area contributed by atoms with Crippen molar-refractivity contribution in [3.05, 3.63) is 48.5 Å². The Hall–Kier alpha value is -2.53. The number of amides is 1. The molecule has 5 heteroatoms. The summed E-state index contributed by atoms with van der Waals surface area (Å²) in [5.41, 5.74) is 0.764. The average Bonchev–Trinajstić information content (AvgIpc) is 2.64. The van der Waals surface area contributed by atoms with E-state index in [0.717, 1.165) is 31.5 Å². The van der Waals surface area contributed by atoms with Crippen LogP contribution in [0, 0.1) is 0 Å². The summed E-state index contributed by atoms with van der Waals surface area (Å²) in [6.07, 6.45) is 3.12. The maximum absolute atomic E-state index is 12.2. The number of anilines is 1. The molecule has 0 aromatic heterocycles.